The van der Waals surface area contributed by atoms with Gasteiger partial charge in [-0.2, -0.15) is 0 Å². The number of nitrogens with one attached hydrogen (secondary N) is 2. The number of aryl methyl sites for hydroxylation is 2. The third-order valence-corrected chi connectivity index (χ3v) is 7.30. The summed E-state index contributed by atoms with van der Waals surface area (Å²) in [6.45, 7) is 9.12. The summed E-state index contributed by atoms with van der Waals surface area (Å²) in [7, 11) is 0. The predicted molar refractivity (Wildman–Crippen MR) is 162 cm³/mol. The Balaban J connectivity index is 1.58. The Hall–Kier alpha value is -3.52. The molecule has 192 valence electrons. The summed E-state index contributed by atoms with van der Waals surface area (Å²) in [6, 6.07) is 35.2. The molecule has 0 fully saturated rings. The van der Waals surface area contributed by atoms with Crippen molar-refractivity contribution in [3.05, 3.63) is 119 Å². The van der Waals surface area contributed by atoms with E-state index in [1.807, 2.05) is 0 Å². The molecule has 2 N–H and O–H groups in total. The molecule has 2 heteroatoms. The van der Waals surface area contributed by atoms with E-state index >= 15 is 0 Å². The number of hydrogen-bond acceptors (Lipinski definition) is 2. The minimum Gasteiger partial charge on any atom is -0.355 e. The van der Waals surface area contributed by atoms with Gasteiger partial charge in [0.15, 0.2) is 0 Å². The Morgan fingerprint density at radius 2 is 0.892 bits per heavy atom. The van der Waals surface area contributed by atoms with Gasteiger partial charge in [-0.1, -0.05) is 101 Å². The average Bonchev–Trinajstić information content (AvgIpc) is 2.93. The van der Waals surface area contributed by atoms with Gasteiger partial charge in [0.25, 0.3) is 0 Å². The van der Waals surface area contributed by atoms with Gasteiger partial charge >= 0.3 is 0 Å². The van der Waals surface area contributed by atoms with E-state index in [0.29, 0.717) is 0 Å². The number of rotatable bonds is 12. The van der Waals surface area contributed by atoms with E-state index in [4.69, 9.17) is 0 Å². The van der Waals surface area contributed by atoms with Crippen molar-refractivity contribution in [1.82, 2.24) is 0 Å². The van der Waals surface area contributed by atoms with Crippen LogP contribution in [0.5, 0.6) is 0 Å². The maximum absolute atomic E-state index is 3.70. The van der Waals surface area contributed by atoms with E-state index in [2.05, 4.69) is 135 Å². The molecule has 0 bridgehead atoms. The van der Waals surface area contributed by atoms with Crippen LogP contribution in [0.1, 0.15) is 75.6 Å². The lowest BCUT2D eigenvalue weighted by molar-refractivity contribution is 0.645. The van der Waals surface area contributed by atoms with Crippen LogP contribution in [0.25, 0.3) is 0 Å². The van der Waals surface area contributed by atoms with E-state index in [-0.39, 0.29) is 5.41 Å². The molecule has 2 nitrogen and oxygen atoms in total. The first-order valence-corrected chi connectivity index (χ1v) is 13.9. The molecule has 0 spiro atoms. The Morgan fingerprint density at radius 1 is 0.514 bits per heavy atom. The Kier molecular flexibility index (Phi) is 9.06. The molecule has 0 atom stereocenters. The molecular formula is C35H42N2. The fraction of sp³-hybridized carbons (Fsp3) is 0.314. The second-order valence-electron chi connectivity index (χ2n) is 10.6. The minimum atomic E-state index is -0.213. The molecule has 0 heterocycles. The van der Waals surface area contributed by atoms with Gasteiger partial charge < -0.3 is 10.6 Å². The van der Waals surface area contributed by atoms with Crippen LogP contribution in [-0.2, 0) is 18.3 Å². The summed E-state index contributed by atoms with van der Waals surface area (Å²) in [4.78, 5) is 0. The van der Waals surface area contributed by atoms with E-state index < -0.39 is 0 Å². The van der Waals surface area contributed by atoms with Gasteiger partial charge in [-0.25, -0.2) is 0 Å². The Labute approximate surface area is 224 Å². The second-order valence-corrected chi connectivity index (χ2v) is 10.6. The number of para-hydroxylation sites is 2. The molecule has 0 radical (unpaired) electrons. The molecule has 0 saturated carbocycles. The quantitative estimate of drug-likeness (QED) is 0.206. The summed E-state index contributed by atoms with van der Waals surface area (Å²) in [5.74, 6) is 0. The first-order chi connectivity index (χ1) is 18.0. The van der Waals surface area contributed by atoms with Gasteiger partial charge in [0.2, 0.25) is 0 Å². The summed E-state index contributed by atoms with van der Waals surface area (Å²) >= 11 is 0. The third-order valence-electron chi connectivity index (χ3n) is 7.30. The number of benzene rings is 4. The van der Waals surface area contributed by atoms with Crippen LogP contribution in [0.15, 0.2) is 97.1 Å². The lowest BCUT2D eigenvalue weighted by Crippen LogP contribution is -2.22. The smallest absolute Gasteiger partial charge is 0.0425 e. The first-order valence-electron chi connectivity index (χ1n) is 13.9. The van der Waals surface area contributed by atoms with Gasteiger partial charge in [0, 0.05) is 28.2 Å². The summed E-state index contributed by atoms with van der Waals surface area (Å²) in [5, 5.41) is 7.41. The Bertz CT molecular complexity index is 1150. The number of hydrogen-bond donors (Lipinski definition) is 2. The maximum Gasteiger partial charge on any atom is 0.0425 e. The van der Waals surface area contributed by atoms with E-state index in [9.17, 15) is 0 Å². The van der Waals surface area contributed by atoms with E-state index in [1.54, 1.807) is 0 Å². The third kappa shape index (κ3) is 6.83. The molecule has 0 amide bonds. The van der Waals surface area contributed by atoms with Crippen molar-refractivity contribution in [3.8, 4) is 0 Å². The highest BCUT2D eigenvalue weighted by molar-refractivity contribution is 5.71. The van der Waals surface area contributed by atoms with Gasteiger partial charge in [-0.15, -0.1) is 0 Å². The highest BCUT2D eigenvalue weighted by atomic mass is 14.9. The lowest BCUT2D eigenvalue weighted by atomic mass is 9.76. The van der Waals surface area contributed by atoms with Gasteiger partial charge in [0.05, 0.1) is 0 Å². The molecular weight excluding hydrogens is 448 g/mol. The Morgan fingerprint density at radius 3 is 1.27 bits per heavy atom. The molecule has 4 aromatic carbocycles. The van der Waals surface area contributed by atoms with Crippen molar-refractivity contribution in [2.75, 3.05) is 10.6 Å². The molecule has 0 aromatic heterocycles. The van der Waals surface area contributed by atoms with Crippen LogP contribution in [0.3, 0.4) is 0 Å². The second kappa shape index (κ2) is 12.6. The predicted octanol–water partition coefficient (Wildman–Crippen LogP) is 10.2. The van der Waals surface area contributed by atoms with Gasteiger partial charge in [-0.05, 0) is 84.3 Å². The number of anilines is 4. The standard InChI is InChI=1S/C35H42N2/c1-5-7-13-27-19-23-29(24-20-27)36-33-17-11-9-15-31(33)35(3,4)32-16-10-12-18-34(32)37-30-25-21-28(22-26-30)14-8-6-2/h9-12,15-26,36-37H,5-8,13-14H2,1-4H3. The SMILES string of the molecule is CCCCc1ccc(Nc2ccccc2C(C)(C)c2ccccc2Nc2ccc(CCCC)cc2)cc1. The molecule has 0 aliphatic heterocycles. The van der Waals surface area contributed by atoms with Crippen molar-refractivity contribution in [2.24, 2.45) is 0 Å². The highest BCUT2D eigenvalue weighted by Gasteiger charge is 2.28. The van der Waals surface area contributed by atoms with Crippen LogP contribution >= 0.6 is 0 Å². The van der Waals surface area contributed by atoms with Crippen molar-refractivity contribution < 1.29 is 0 Å². The van der Waals surface area contributed by atoms with E-state index in [1.165, 1.54) is 47.9 Å². The zero-order chi connectivity index (χ0) is 26.1. The topological polar surface area (TPSA) is 24.1 Å². The first kappa shape index (κ1) is 26.5. The summed E-state index contributed by atoms with van der Waals surface area (Å²) < 4.78 is 0. The lowest BCUT2D eigenvalue weighted by Gasteiger charge is -2.31. The fourth-order valence-electron chi connectivity index (χ4n) is 5.00. The van der Waals surface area contributed by atoms with Gasteiger partial charge in [-0.3, -0.25) is 0 Å². The minimum absolute atomic E-state index is 0.213. The van der Waals surface area contributed by atoms with Crippen LogP contribution < -0.4 is 10.6 Å². The van der Waals surface area contributed by atoms with Gasteiger partial charge in [0.1, 0.15) is 0 Å². The maximum atomic E-state index is 3.70. The largest absolute Gasteiger partial charge is 0.355 e. The normalized spacial score (nSPS) is 11.4. The molecule has 0 unspecified atom stereocenters. The molecule has 0 aliphatic rings. The van der Waals surface area contributed by atoms with Crippen LogP contribution in [0.4, 0.5) is 22.7 Å². The zero-order valence-corrected chi connectivity index (χ0v) is 23.0. The van der Waals surface area contributed by atoms with Crippen molar-refractivity contribution in [1.29, 1.82) is 0 Å². The van der Waals surface area contributed by atoms with Crippen molar-refractivity contribution >= 4 is 22.7 Å². The number of unbranched alkanes of at least 4 members (excludes halogenated alkanes) is 2. The molecule has 4 rings (SSSR count). The average molecular weight is 491 g/mol. The monoisotopic (exact) mass is 490 g/mol. The van der Waals surface area contributed by atoms with Crippen LogP contribution in [-0.4, -0.2) is 0 Å². The molecule has 37 heavy (non-hydrogen) atoms. The van der Waals surface area contributed by atoms with Crippen molar-refractivity contribution in [3.63, 3.8) is 0 Å². The van der Waals surface area contributed by atoms with E-state index in [0.717, 1.165) is 35.6 Å². The zero-order valence-electron chi connectivity index (χ0n) is 23.0. The molecule has 0 saturated heterocycles. The summed E-state index contributed by atoms with van der Waals surface area (Å²) in [6.07, 6.45) is 7.21. The fourth-order valence-corrected chi connectivity index (χ4v) is 5.00. The molecule has 0 aliphatic carbocycles. The highest BCUT2D eigenvalue weighted by Crippen LogP contribution is 2.41. The molecule has 4 aromatic rings. The summed E-state index contributed by atoms with van der Waals surface area (Å²) in [5.41, 5.74) is 9.67. The van der Waals surface area contributed by atoms with Crippen LogP contribution in [0, 0.1) is 0 Å². The van der Waals surface area contributed by atoms with Crippen LogP contribution in [0.2, 0.25) is 0 Å². The van der Waals surface area contributed by atoms with Crippen molar-refractivity contribution in [2.45, 2.75) is 71.6 Å².